The molecule has 0 fully saturated rings. The molecule has 0 aromatic heterocycles. The van der Waals surface area contributed by atoms with Crippen molar-refractivity contribution in [2.24, 2.45) is 10.1 Å². The van der Waals surface area contributed by atoms with Gasteiger partial charge in [0, 0.05) is 23.6 Å². The van der Waals surface area contributed by atoms with Crippen LogP contribution >= 0.6 is 27.5 Å². The van der Waals surface area contributed by atoms with Crippen molar-refractivity contribution < 1.29 is 17.6 Å². The minimum atomic E-state index is -4.03. The van der Waals surface area contributed by atoms with Crippen LogP contribution in [0.3, 0.4) is 0 Å². The Labute approximate surface area is 170 Å². The van der Waals surface area contributed by atoms with E-state index in [1.165, 1.54) is 29.2 Å². The van der Waals surface area contributed by atoms with Gasteiger partial charge in [-0.1, -0.05) is 23.7 Å². The summed E-state index contributed by atoms with van der Waals surface area (Å²) in [5.74, 6) is -2.38. The molecule has 0 saturated carbocycles. The van der Waals surface area contributed by atoms with Gasteiger partial charge < -0.3 is 10.6 Å². The highest BCUT2D eigenvalue weighted by Gasteiger charge is 2.26. The molecule has 1 atom stereocenters. The molecule has 0 radical (unpaired) electrons. The van der Waals surface area contributed by atoms with E-state index >= 15 is 0 Å². The van der Waals surface area contributed by atoms with Gasteiger partial charge in [-0.05, 0) is 51.3 Å². The minimum absolute atomic E-state index is 0.0109. The molecule has 2 aromatic rings. The van der Waals surface area contributed by atoms with Gasteiger partial charge in [0.15, 0.2) is 0 Å². The van der Waals surface area contributed by atoms with Crippen molar-refractivity contribution in [1.29, 1.82) is 0 Å². The Balaban J connectivity index is 2.62. The highest BCUT2D eigenvalue weighted by Crippen LogP contribution is 2.34. The van der Waals surface area contributed by atoms with Crippen molar-refractivity contribution in [3.63, 3.8) is 0 Å². The van der Waals surface area contributed by atoms with E-state index < -0.39 is 27.7 Å². The number of sulfonamides is 1. The fourth-order valence-corrected chi connectivity index (χ4v) is 4.51. The second kappa shape index (κ2) is 8.37. The van der Waals surface area contributed by atoms with Gasteiger partial charge >= 0.3 is 0 Å². The van der Waals surface area contributed by atoms with E-state index in [1.54, 1.807) is 14.1 Å². The van der Waals surface area contributed by atoms with Crippen LogP contribution in [-0.2, 0) is 14.8 Å². The molecule has 6 nitrogen and oxygen atoms in total. The van der Waals surface area contributed by atoms with Crippen LogP contribution < -0.4 is 5.73 Å². The smallest absolute Gasteiger partial charge is 0.284 e. The van der Waals surface area contributed by atoms with Crippen molar-refractivity contribution in [2.45, 2.75) is 10.8 Å². The second-order valence-electron chi connectivity index (χ2n) is 5.85. The van der Waals surface area contributed by atoms with E-state index in [4.69, 9.17) is 17.3 Å². The lowest BCUT2D eigenvalue weighted by molar-refractivity contribution is -0.118. The molecule has 2 N–H and O–H groups in total. The van der Waals surface area contributed by atoms with Crippen molar-refractivity contribution in [3.8, 4) is 0 Å². The maximum absolute atomic E-state index is 13.3. The predicted molar refractivity (Wildman–Crippen MR) is 106 cm³/mol. The Bertz CT molecular complexity index is 1010. The second-order valence-corrected chi connectivity index (χ2v) is 8.71. The number of carbonyl (C=O) groups excluding carboxylic acids is 1. The summed E-state index contributed by atoms with van der Waals surface area (Å²) in [5.41, 5.74) is 6.08. The summed E-state index contributed by atoms with van der Waals surface area (Å²) < 4.78 is 42.2. The number of primary amides is 1. The maximum Gasteiger partial charge on any atom is 0.284 e. The number of carbonyl (C=O) groups is 1. The SMILES string of the molecule is CN(C)C=NS(=O)(=O)c1cc(C(C(N)=O)c2ccc(F)cc2Cl)ccc1Br. The molecule has 0 aliphatic heterocycles. The molecular formula is C17H16BrClFN3O3S. The van der Waals surface area contributed by atoms with Crippen molar-refractivity contribution in [3.05, 3.63) is 62.8 Å². The highest BCUT2D eigenvalue weighted by molar-refractivity contribution is 9.10. The van der Waals surface area contributed by atoms with E-state index in [1.807, 2.05) is 0 Å². The molecule has 2 aromatic carbocycles. The lowest BCUT2D eigenvalue weighted by Crippen LogP contribution is -2.23. The van der Waals surface area contributed by atoms with Crippen LogP contribution in [0.4, 0.5) is 4.39 Å². The molecule has 0 aliphatic rings. The monoisotopic (exact) mass is 475 g/mol. The molecule has 1 amide bonds. The highest BCUT2D eigenvalue weighted by atomic mass is 79.9. The molecule has 2 rings (SSSR count). The van der Waals surface area contributed by atoms with Gasteiger partial charge in [-0.3, -0.25) is 4.79 Å². The quantitative estimate of drug-likeness (QED) is 0.512. The summed E-state index contributed by atoms with van der Waals surface area (Å²) >= 11 is 9.24. The third-order valence-electron chi connectivity index (χ3n) is 3.54. The van der Waals surface area contributed by atoms with Crippen molar-refractivity contribution in [1.82, 2.24) is 4.90 Å². The summed E-state index contributed by atoms with van der Waals surface area (Å²) in [6.45, 7) is 0. The van der Waals surface area contributed by atoms with Gasteiger partial charge in [0.25, 0.3) is 10.0 Å². The number of rotatable bonds is 6. The molecule has 0 bridgehead atoms. The molecule has 0 spiro atoms. The van der Waals surface area contributed by atoms with Crippen LogP contribution in [-0.4, -0.2) is 39.7 Å². The predicted octanol–water partition coefficient (Wildman–Crippen LogP) is 3.14. The van der Waals surface area contributed by atoms with E-state index in [9.17, 15) is 17.6 Å². The molecule has 144 valence electrons. The summed E-state index contributed by atoms with van der Waals surface area (Å²) in [6.07, 6.45) is 1.15. The first-order valence-electron chi connectivity index (χ1n) is 7.53. The van der Waals surface area contributed by atoms with Crippen molar-refractivity contribution >= 4 is 49.8 Å². The maximum atomic E-state index is 13.3. The lowest BCUT2D eigenvalue weighted by atomic mass is 9.90. The van der Waals surface area contributed by atoms with Gasteiger partial charge in [-0.15, -0.1) is 4.40 Å². The van der Waals surface area contributed by atoms with Gasteiger partial charge in [0.05, 0.1) is 5.92 Å². The van der Waals surface area contributed by atoms with Crippen LogP contribution in [0.5, 0.6) is 0 Å². The van der Waals surface area contributed by atoms with E-state index in [2.05, 4.69) is 20.3 Å². The Morgan fingerprint density at radius 2 is 1.96 bits per heavy atom. The van der Waals surface area contributed by atoms with Gasteiger partial charge in [-0.2, -0.15) is 8.42 Å². The average molecular weight is 477 g/mol. The molecule has 0 aliphatic carbocycles. The number of hydrogen-bond donors (Lipinski definition) is 1. The first-order chi connectivity index (χ1) is 12.5. The number of hydrogen-bond acceptors (Lipinski definition) is 3. The fourth-order valence-electron chi connectivity index (χ4n) is 2.34. The normalized spacial score (nSPS) is 12.9. The third kappa shape index (κ3) is 5.06. The molecule has 27 heavy (non-hydrogen) atoms. The Morgan fingerprint density at radius 3 is 2.52 bits per heavy atom. The molecule has 0 heterocycles. The topological polar surface area (TPSA) is 92.8 Å². The number of nitrogens with two attached hydrogens (primary N) is 1. The number of benzene rings is 2. The van der Waals surface area contributed by atoms with Gasteiger partial charge in [0.1, 0.15) is 17.1 Å². The summed E-state index contributed by atoms with van der Waals surface area (Å²) in [7, 11) is -0.773. The Hall–Kier alpha value is -1.97. The average Bonchev–Trinajstić information content (AvgIpc) is 2.56. The van der Waals surface area contributed by atoms with Crippen LogP contribution in [0, 0.1) is 5.82 Å². The summed E-state index contributed by atoms with van der Waals surface area (Å²) in [6, 6.07) is 7.85. The zero-order valence-corrected chi connectivity index (χ0v) is 17.5. The van der Waals surface area contributed by atoms with Crippen LogP contribution in [0.1, 0.15) is 17.0 Å². The molecule has 0 saturated heterocycles. The fraction of sp³-hybridized carbons (Fsp3) is 0.176. The van der Waals surface area contributed by atoms with Crippen LogP contribution in [0.2, 0.25) is 5.02 Å². The Kier molecular flexibility index (Phi) is 6.61. The third-order valence-corrected chi connectivity index (χ3v) is 6.09. The summed E-state index contributed by atoms with van der Waals surface area (Å²) in [5, 5.41) is 0.0109. The van der Waals surface area contributed by atoms with E-state index in [0.29, 0.717) is 0 Å². The molecular weight excluding hydrogens is 461 g/mol. The Morgan fingerprint density at radius 1 is 1.30 bits per heavy atom. The summed E-state index contributed by atoms with van der Waals surface area (Å²) in [4.78, 5) is 13.4. The largest absolute Gasteiger partial charge is 0.369 e. The zero-order chi connectivity index (χ0) is 20.4. The minimum Gasteiger partial charge on any atom is -0.369 e. The van der Waals surface area contributed by atoms with Gasteiger partial charge in [-0.25, -0.2) is 4.39 Å². The molecule has 1 unspecified atom stereocenters. The zero-order valence-electron chi connectivity index (χ0n) is 14.4. The number of amides is 1. The number of nitrogens with zero attached hydrogens (tertiary/aromatic N) is 2. The lowest BCUT2D eigenvalue weighted by Gasteiger charge is -2.17. The van der Waals surface area contributed by atoms with Crippen molar-refractivity contribution in [2.75, 3.05) is 14.1 Å². The first-order valence-corrected chi connectivity index (χ1v) is 10.1. The number of halogens is 3. The standard InChI is InChI=1S/C17H16BrClFN3O3S/c1-23(2)9-22-27(25,26)15-7-10(3-6-13(15)18)16(17(21)24)12-5-4-11(20)8-14(12)19/h3-9,16H,1-2H3,(H2,21,24). The van der Waals surface area contributed by atoms with Crippen LogP contribution in [0.25, 0.3) is 0 Å². The van der Waals surface area contributed by atoms with Crippen LogP contribution in [0.15, 0.2) is 50.2 Å². The van der Waals surface area contributed by atoms with E-state index in [0.717, 1.165) is 18.5 Å². The molecule has 10 heteroatoms. The first kappa shape index (κ1) is 21.3. The van der Waals surface area contributed by atoms with E-state index in [-0.39, 0.29) is 25.5 Å². The van der Waals surface area contributed by atoms with Gasteiger partial charge in [0.2, 0.25) is 5.91 Å².